The second-order valence-electron chi connectivity index (χ2n) is 27.2. The van der Waals surface area contributed by atoms with Crippen LogP contribution in [0.4, 0.5) is 0 Å². The molecule has 0 bridgehead atoms. The molecule has 0 atom stereocenters. The van der Waals surface area contributed by atoms with Gasteiger partial charge in [0.1, 0.15) is 5.75 Å². The van der Waals surface area contributed by atoms with E-state index in [9.17, 15) is 0 Å². The van der Waals surface area contributed by atoms with Crippen molar-refractivity contribution in [3.63, 3.8) is 0 Å². The van der Waals surface area contributed by atoms with Crippen LogP contribution in [0.2, 0.25) is 28.2 Å². The second kappa shape index (κ2) is 28.8. The van der Waals surface area contributed by atoms with Gasteiger partial charge in [0.05, 0.1) is 21.3 Å². The van der Waals surface area contributed by atoms with E-state index in [1.165, 1.54) is 42.2 Å². The van der Waals surface area contributed by atoms with E-state index < -0.39 is 30.3 Å². The van der Waals surface area contributed by atoms with E-state index in [0.717, 1.165) is 28.8 Å². The van der Waals surface area contributed by atoms with Gasteiger partial charge in [-0.1, -0.05) is 120 Å². The Morgan fingerprint density at radius 1 is 0.333 bits per heavy atom. The van der Waals surface area contributed by atoms with E-state index in [4.69, 9.17) is 32.2 Å². The van der Waals surface area contributed by atoms with Gasteiger partial charge in [0.15, 0.2) is 17.2 Å². The summed E-state index contributed by atoms with van der Waals surface area (Å²) in [5.74, 6) is 4.84. The fourth-order valence-electron chi connectivity index (χ4n) is 12.4. The molecule has 0 saturated carbocycles. The second-order valence-corrected chi connectivity index (χ2v) is 49.3. The number of hydrogen-bond acceptors (Lipinski definition) is 7. The Balaban J connectivity index is 0.000000219. The van der Waals surface area contributed by atoms with Crippen molar-refractivity contribution in [2.24, 2.45) is 0 Å². The Kier molecular flexibility index (Phi) is 21.5. The SMILES string of the molecule is COc1ccc(/C=C\c2cc(OC)c(OC)c(O[Si](C)(C)C(C)(C)C)c2)cc1O[Si](c1ccccc1)(c1ccccc1)C(C)(C)C.COc1ccc(CP(Br)(c2ccccc2)(c2ccccc2)c2ccccc2)cc1O[Si](c1ccccc1)(c1ccccc1)C(C)(C)C. The fraction of sp³-hybridized carbons (Fsp3) is 0.235. The third-order valence-electron chi connectivity index (χ3n) is 18.2. The molecule has 0 aliphatic heterocycles. The molecule has 0 fully saturated rings. The van der Waals surface area contributed by atoms with Gasteiger partial charge >= 0.3 is 299 Å². The van der Waals surface area contributed by atoms with Crippen LogP contribution in [-0.2, 0) is 6.16 Å². The molecular formula is C81H92BrO7PSi3. The molecule has 0 radical (unpaired) electrons. The normalized spacial score (nSPS) is 12.8. The number of halogens is 1. The van der Waals surface area contributed by atoms with Crippen LogP contribution in [0.3, 0.4) is 0 Å². The Morgan fingerprint density at radius 2 is 0.656 bits per heavy atom. The molecule has 7 nitrogen and oxygen atoms in total. The van der Waals surface area contributed by atoms with Crippen molar-refractivity contribution in [1.82, 2.24) is 0 Å². The average molecular weight is 1370 g/mol. The molecule has 482 valence electrons. The Bertz CT molecular complexity index is 3910. The van der Waals surface area contributed by atoms with Crippen LogP contribution in [0.1, 0.15) is 79.0 Å². The number of ether oxygens (including phenoxy) is 4. The van der Waals surface area contributed by atoms with Crippen molar-refractivity contribution in [3.8, 4) is 40.2 Å². The third kappa shape index (κ3) is 14.3. The summed E-state index contributed by atoms with van der Waals surface area (Å²) < 4.78 is 45.0. The van der Waals surface area contributed by atoms with Crippen LogP contribution < -0.4 is 68.9 Å². The summed E-state index contributed by atoms with van der Waals surface area (Å²) >= 11 is 4.65. The maximum atomic E-state index is 7.58. The van der Waals surface area contributed by atoms with E-state index in [2.05, 4.69) is 340 Å². The summed E-state index contributed by atoms with van der Waals surface area (Å²) in [5.41, 5.74) is 3.09. The molecular weight excluding hydrogens is 1280 g/mol. The first-order valence-corrected chi connectivity index (χ1v) is 43.0. The zero-order chi connectivity index (χ0) is 66.7. The molecule has 12 heteroatoms. The first-order chi connectivity index (χ1) is 44.4. The van der Waals surface area contributed by atoms with Gasteiger partial charge in [0.2, 0.25) is 5.75 Å². The van der Waals surface area contributed by atoms with E-state index >= 15 is 0 Å². The van der Waals surface area contributed by atoms with Crippen molar-refractivity contribution in [1.29, 1.82) is 0 Å². The third-order valence-corrected chi connectivity index (χ3v) is 42.0. The molecule has 0 unspecified atom stereocenters. The minimum atomic E-state index is -3.24. The molecule has 0 aromatic heterocycles. The molecule has 0 aliphatic rings. The monoisotopic (exact) mass is 1370 g/mol. The summed E-state index contributed by atoms with van der Waals surface area (Å²) in [6.45, 7) is 24.9. The van der Waals surface area contributed by atoms with Gasteiger partial charge in [-0.05, 0) is 68.9 Å². The van der Waals surface area contributed by atoms with Crippen molar-refractivity contribution in [3.05, 3.63) is 278 Å². The molecule has 93 heavy (non-hydrogen) atoms. The predicted molar refractivity (Wildman–Crippen MR) is 407 cm³/mol. The molecule has 10 aromatic carbocycles. The van der Waals surface area contributed by atoms with Gasteiger partial charge in [-0.3, -0.25) is 0 Å². The Labute approximate surface area is 565 Å². The van der Waals surface area contributed by atoms with Gasteiger partial charge < -0.3 is 23.1 Å². The van der Waals surface area contributed by atoms with Gasteiger partial charge in [0.25, 0.3) is 8.32 Å². The quantitative estimate of drug-likeness (QED) is 0.0403. The number of hydrogen-bond donors (Lipinski definition) is 0. The summed E-state index contributed by atoms with van der Waals surface area (Å²) in [5, 5.41) is 5.11. The van der Waals surface area contributed by atoms with Gasteiger partial charge in [0, 0.05) is 0 Å². The van der Waals surface area contributed by atoms with Crippen molar-refractivity contribution < 1.29 is 32.2 Å². The number of rotatable bonds is 21. The molecule has 0 amide bonds. The van der Waals surface area contributed by atoms with Gasteiger partial charge in [-0.15, -0.1) is 0 Å². The number of benzene rings is 10. The molecule has 0 aliphatic carbocycles. The minimum absolute atomic E-state index is 0.0294. The van der Waals surface area contributed by atoms with E-state index in [-0.39, 0.29) is 15.1 Å². The summed E-state index contributed by atoms with van der Waals surface area (Å²) in [7, 11) is -1.19. The maximum absolute atomic E-state index is 7.58. The van der Waals surface area contributed by atoms with Crippen molar-refractivity contribution >= 4 is 94.6 Å². The Hall–Kier alpha value is -7.90. The molecule has 0 heterocycles. The summed E-state index contributed by atoms with van der Waals surface area (Å²) in [4.78, 5) is 0. The molecule has 0 N–H and O–H groups in total. The van der Waals surface area contributed by atoms with Crippen LogP contribution in [0.25, 0.3) is 12.2 Å². The molecule has 0 saturated heterocycles. The zero-order valence-electron chi connectivity index (χ0n) is 56.9. The van der Waals surface area contributed by atoms with E-state index in [1.807, 2.05) is 24.3 Å². The molecule has 10 aromatic rings. The molecule has 0 spiro atoms. The first-order valence-electron chi connectivity index (χ1n) is 31.9. The summed E-state index contributed by atoms with van der Waals surface area (Å²) in [6.07, 6.45) is 4.90. The fourth-order valence-corrected chi connectivity index (χ4v) is 30.0. The van der Waals surface area contributed by atoms with Crippen molar-refractivity contribution in [2.75, 3.05) is 28.4 Å². The molecule has 10 rings (SSSR count). The van der Waals surface area contributed by atoms with E-state index in [0.29, 0.717) is 28.7 Å². The van der Waals surface area contributed by atoms with E-state index in [1.54, 1.807) is 28.4 Å². The summed E-state index contributed by atoms with van der Waals surface area (Å²) in [6, 6.07) is 92.2. The van der Waals surface area contributed by atoms with Gasteiger partial charge in [-0.2, -0.15) is 0 Å². The standard InChI is InChI=1S/C42H42BrO2PSi.C39H50O5Si2/c1-42(2,3)47(38-26-16-8-17-27-38,39-28-18-9-19-29-39)45-41-32-34(30-31-40(41)44-4)33-46(43,35-20-10-5-11-21-35,36-22-12-6-13-23-36)37-24-14-7-15-25-37;1-38(2,3)45(10,11)43-36-28-30(27-35(41-8)37(36)42-9)23-22-29-24-25-33(40-7)34(26-29)44-46(39(4,5)6,31-18-14-12-15-19-31)32-20-16-13-17-21-32/h5-32H,33H2,1-4H3;12-28H,1-11H3/b;23-22-. The van der Waals surface area contributed by atoms with Crippen LogP contribution in [-0.4, -0.2) is 53.4 Å². The van der Waals surface area contributed by atoms with Crippen LogP contribution in [0.5, 0.6) is 40.2 Å². The van der Waals surface area contributed by atoms with Crippen molar-refractivity contribution in [2.45, 2.75) is 96.7 Å². The average Bonchev–Trinajstić information content (AvgIpc) is 0.708. The van der Waals surface area contributed by atoms with Crippen LogP contribution >= 0.6 is 20.8 Å². The number of methoxy groups -OCH3 is 4. The Morgan fingerprint density at radius 3 is 1.00 bits per heavy atom. The van der Waals surface area contributed by atoms with Crippen LogP contribution in [0, 0.1) is 0 Å². The topological polar surface area (TPSA) is 64.6 Å². The predicted octanol–water partition coefficient (Wildman–Crippen LogP) is 18.2. The first kappa shape index (κ1) is 69.4. The van der Waals surface area contributed by atoms with Crippen LogP contribution in [0.15, 0.2) is 261 Å². The zero-order valence-corrected chi connectivity index (χ0v) is 62.4. The van der Waals surface area contributed by atoms with Gasteiger partial charge in [-0.25, -0.2) is 0 Å².